The molecule has 0 aliphatic carbocycles. The van der Waals surface area contributed by atoms with Crippen LogP contribution in [0.1, 0.15) is 5.56 Å². The van der Waals surface area contributed by atoms with E-state index >= 15 is 0 Å². The zero-order valence-electron chi connectivity index (χ0n) is 13.1. The molecule has 0 aliphatic rings. The molecule has 1 aromatic heterocycles. The highest BCUT2D eigenvalue weighted by Crippen LogP contribution is 2.20. The zero-order valence-corrected chi connectivity index (χ0v) is 13.1. The van der Waals surface area contributed by atoms with E-state index in [-0.39, 0.29) is 0 Å². The van der Waals surface area contributed by atoms with Crippen LogP contribution in [0.5, 0.6) is 11.5 Å². The minimum atomic E-state index is 0.504. The number of rotatable bonds is 5. The van der Waals surface area contributed by atoms with Crippen molar-refractivity contribution in [1.82, 2.24) is 4.68 Å². The van der Waals surface area contributed by atoms with E-state index in [0.717, 1.165) is 27.5 Å². The van der Waals surface area contributed by atoms with E-state index in [0.29, 0.717) is 12.2 Å². The fraction of sp³-hybridized carbons (Fsp3) is 0.167. The van der Waals surface area contributed by atoms with Crippen molar-refractivity contribution in [2.45, 2.75) is 6.54 Å². The summed E-state index contributed by atoms with van der Waals surface area (Å²) in [5, 5.41) is 12.5. The summed E-state index contributed by atoms with van der Waals surface area (Å²) in [6, 6.07) is 16.9. The lowest BCUT2D eigenvalue weighted by Gasteiger charge is -2.07. The summed E-state index contributed by atoms with van der Waals surface area (Å²) >= 11 is 0. The van der Waals surface area contributed by atoms with E-state index in [1.807, 2.05) is 54.6 Å². The number of hydrogen-bond acceptors (Lipinski definition) is 3. The van der Waals surface area contributed by atoms with Gasteiger partial charge in [-0.2, -0.15) is 0 Å². The summed E-state index contributed by atoms with van der Waals surface area (Å²) in [6.07, 6.45) is 1.79. The van der Waals surface area contributed by atoms with Gasteiger partial charge in [-0.1, -0.05) is 17.0 Å². The maximum Gasteiger partial charge on any atom is 0.251 e. The monoisotopic (exact) mass is 310 g/mol. The Labute approximate surface area is 134 Å². The van der Waals surface area contributed by atoms with Gasteiger partial charge in [-0.25, -0.2) is 0 Å². The molecule has 23 heavy (non-hydrogen) atoms. The Morgan fingerprint density at radius 2 is 1.43 bits per heavy atom. The number of nitrogens with zero attached hydrogens (tertiary/aromatic N) is 2. The fourth-order valence-corrected chi connectivity index (χ4v) is 2.42. The molecule has 118 valence electrons. The van der Waals surface area contributed by atoms with Gasteiger partial charge < -0.3 is 14.7 Å². The molecule has 0 N–H and O–H groups in total. The van der Waals surface area contributed by atoms with E-state index in [1.54, 1.807) is 25.1 Å². The third-order valence-electron chi connectivity index (χ3n) is 3.73. The maximum atomic E-state index is 12.5. The van der Waals surface area contributed by atoms with E-state index in [2.05, 4.69) is 0 Å². The molecular formula is C18H18N2O3. The van der Waals surface area contributed by atoms with Crippen molar-refractivity contribution >= 4 is 0 Å². The molecule has 0 spiro atoms. The smallest absolute Gasteiger partial charge is 0.251 e. The molecule has 5 nitrogen and oxygen atoms in total. The molecule has 0 saturated heterocycles. The first-order chi connectivity index (χ1) is 11.2. The van der Waals surface area contributed by atoms with E-state index in [1.165, 1.54) is 0 Å². The number of methoxy groups -OCH3 is 2. The number of hydrogen-bond donors (Lipinski definition) is 0. The molecule has 0 bridgehead atoms. The van der Waals surface area contributed by atoms with Crippen LogP contribution >= 0.6 is 0 Å². The van der Waals surface area contributed by atoms with Crippen molar-refractivity contribution < 1.29 is 14.3 Å². The first-order valence-corrected chi connectivity index (χ1v) is 7.27. The molecule has 3 aromatic rings. The summed E-state index contributed by atoms with van der Waals surface area (Å²) in [4.78, 5) is 0.909. The normalized spacial score (nSPS) is 10.5. The SMILES string of the molecule is COc1ccc(Cn2ccc(-c3ccc(OC)cc3)[n+]2[O-])cc1. The minimum Gasteiger partial charge on any atom is -0.595 e. The second-order valence-electron chi connectivity index (χ2n) is 5.15. The molecule has 0 fully saturated rings. The zero-order chi connectivity index (χ0) is 16.2. The lowest BCUT2D eigenvalue weighted by atomic mass is 10.1. The molecule has 0 aliphatic heterocycles. The Morgan fingerprint density at radius 3 is 2.00 bits per heavy atom. The topological polar surface area (TPSA) is 50.3 Å². The number of aromatic nitrogens is 2. The Bertz CT molecular complexity index is 777. The molecule has 0 atom stereocenters. The van der Waals surface area contributed by atoms with Crippen LogP contribution in [0.4, 0.5) is 0 Å². The van der Waals surface area contributed by atoms with Crippen molar-refractivity contribution in [2.75, 3.05) is 14.2 Å². The van der Waals surface area contributed by atoms with Crippen LogP contribution in [0.2, 0.25) is 0 Å². The van der Waals surface area contributed by atoms with Crippen molar-refractivity contribution in [1.29, 1.82) is 0 Å². The van der Waals surface area contributed by atoms with Gasteiger partial charge in [0.25, 0.3) is 5.69 Å². The first kappa shape index (κ1) is 15.0. The summed E-state index contributed by atoms with van der Waals surface area (Å²) in [7, 11) is 3.25. The number of ether oxygens (including phenoxy) is 2. The third-order valence-corrected chi connectivity index (χ3v) is 3.73. The fourth-order valence-electron chi connectivity index (χ4n) is 2.42. The summed E-state index contributed by atoms with van der Waals surface area (Å²) < 4.78 is 11.9. The van der Waals surface area contributed by atoms with E-state index < -0.39 is 0 Å². The molecule has 0 radical (unpaired) electrons. The molecule has 0 amide bonds. The standard InChI is InChI=1S/C18H18N2O3/c1-22-16-7-3-14(4-8-16)13-19-12-11-18(20(19)21)15-5-9-17(23-2)10-6-15/h3-12H,13H2,1-2H3. The van der Waals surface area contributed by atoms with Gasteiger partial charge in [-0.3, -0.25) is 0 Å². The van der Waals surface area contributed by atoms with Gasteiger partial charge in [-0.15, -0.1) is 4.68 Å². The molecule has 2 aromatic carbocycles. The minimum absolute atomic E-state index is 0.504. The molecule has 1 heterocycles. The predicted molar refractivity (Wildman–Crippen MR) is 87.5 cm³/mol. The highest BCUT2D eigenvalue weighted by atomic mass is 16.5. The van der Waals surface area contributed by atoms with Crippen LogP contribution in [0.15, 0.2) is 60.8 Å². The van der Waals surface area contributed by atoms with Crippen molar-refractivity contribution in [2.24, 2.45) is 0 Å². The summed E-state index contributed by atoms with van der Waals surface area (Å²) in [5.74, 6) is 1.57. The van der Waals surface area contributed by atoms with Gasteiger partial charge >= 0.3 is 0 Å². The van der Waals surface area contributed by atoms with Crippen molar-refractivity contribution in [3.63, 3.8) is 0 Å². The second-order valence-corrected chi connectivity index (χ2v) is 5.15. The summed E-state index contributed by atoms with van der Waals surface area (Å²) in [6.45, 7) is 0.504. The average molecular weight is 310 g/mol. The highest BCUT2D eigenvalue weighted by molar-refractivity contribution is 5.57. The lowest BCUT2D eigenvalue weighted by Crippen LogP contribution is -2.38. The quantitative estimate of drug-likeness (QED) is 0.538. The Kier molecular flexibility index (Phi) is 4.19. The van der Waals surface area contributed by atoms with Crippen LogP contribution in [-0.4, -0.2) is 18.9 Å². The molecule has 0 saturated carbocycles. The molecule has 3 rings (SSSR count). The third kappa shape index (κ3) is 3.13. The van der Waals surface area contributed by atoms with Crippen LogP contribution < -0.4 is 14.3 Å². The van der Waals surface area contributed by atoms with Crippen LogP contribution in [0.25, 0.3) is 11.3 Å². The Balaban J connectivity index is 1.82. The lowest BCUT2D eigenvalue weighted by molar-refractivity contribution is -0.683. The number of benzene rings is 2. The first-order valence-electron chi connectivity index (χ1n) is 7.27. The Morgan fingerprint density at radius 1 is 0.870 bits per heavy atom. The van der Waals surface area contributed by atoms with Crippen molar-refractivity contribution in [3.05, 3.63) is 71.6 Å². The van der Waals surface area contributed by atoms with Crippen LogP contribution in [-0.2, 0) is 6.54 Å². The van der Waals surface area contributed by atoms with E-state index in [4.69, 9.17) is 9.47 Å². The molecule has 5 heteroatoms. The van der Waals surface area contributed by atoms with E-state index in [9.17, 15) is 5.21 Å². The van der Waals surface area contributed by atoms with Crippen molar-refractivity contribution in [3.8, 4) is 22.8 Å². The van der Waals surface area contributed by atoms with Gasteiger partial charge in [0.1, 0.15) is 18.0 Å². The second kappa shape index (κ2) is 6.44. The average Bonchev–Trinajstić information content (AvgIpc) is 2.96. The predicted octanol–water partition coefficient (Wildman–Crippen LogP) is 2.85. The van der Waals surface area contributed by atoms with Gasteiger partial charge in [-0.05, 0) is 42.0 Å². The van der Waals surface area contributed by atoms with Crippen LogP contribution in [0, 0.1) is 5.21 Å². The van der Waals surface area contributed by atoms with Gasteiger partial charge in [0, 0.05) is 6.07 Å². The maximum absolute atomic E-state index is 12.5. The van der Waals surface area contributed by atoms with Gasteiger partial charge in [0.2, 0.25) is 0 Å². The molecule has 0 unspecified atom stereocenters. The Hall–Kier alpha value is -2.95. The van der Waals surface area contributed by atoms with Gasteiger partial charge in [0.15, 0.2) is 0 Å². The van der Waals surface area contributed by atoms with Gasteiger partial charge in [0.05, 0.1) is 26.0 Å². The summed E-state index contributed by atoms with van der Waals surface area (Å²) in [5.41, 5.74) is 2.50. The molecular weight excluding hydrogens is 292 g/mol. The highest BCUT2D eigenvalue weighted by Gasteiger charge is 2.14. The van der Waals surface area contributed by atoms with Crippen LogP contribution in [0.3, 0.4) is 0 Å². The largest absolute Gasteiger partial charge is 0.595 e.